The molecule has 0 radical (unpaired) electrons. The van der Waals surface area contributed by atoms with Gasteiger partial charge in [-0.2, -0.15) is 0 Å². The summed E-state index contributed by atoms with van der Waals surface area (Å²) in [5, 5.41) is 15.9. The molecule has 0 bridgehead atoms. The lowest BCUT2D eigenvalue weighted by Crippen LogP contribution is -2.38. The Kier molecular flexibility index (Phi) is 10.2. The van der Waals surface area contributed by atoms with Crippen LogP contribution in [0.5, 0.6) is 0 Å². The molecule has 2 amide bonds. The molecule has 1 aliphatic rings. The van der Waals surface area contributed by atoms with Crippen LogP contribution in [0, 0.1) is 5.92 Å². The minimum Gasteiger partial charge on any atom is -0.392 e. The largest absolute Gasteiger partial charge is 0.392 e. The molecule has 42 heavy (non-hydrogen) atoms. The molecule has 1 fully saturated rings. The van der Waals surface area contributed by atoms with Crippen LogP contribution in [0.3, 0.4) is 0 Å². The topological polar surface area (TPSA) is 106 Å². The van der Waals surface area contributed by atoms with Crippen LogP contribution in [-0.4, -0.2) is 39.5 Å². The van der Waals surface area contributed by atoms with Crippen molar-refractivity contribution in [3.8, 4) is 11.1 Å². The highest BCUT2D eigenvalue weighted by atomic mass is 32.2. The van der Waals surface area contributed by atoms with E-state index in [9.17, 15) is 9.90 Å². The van der Waals surface area contributed by atoms with Crippen LogP contribution in [0.1, 0.15) is 48.5 Å². The molecular weight excluding hydrogens is 548 g/mol. The van der Waals surface area contributed by atoms with Crippen molar-refractivity contribution in [1.29, 1.82) is 0 Å². The minimum absolute atomic E-state index is 0.000903. The van der Waals surface area contributed by atoms with Crippen LogP contribution >= 0.6 is 11.8 Å². The van der Waals surface area contributed by atoms with Crippen molar-refractivity contribution in [3.05, 3.63) is 114 Å². The highest BCUT2D eigenvalue weighted by Gasteiger charge is 2.38. The van der Waals surface area contributed by atoms with Gasteiger partial charge in [-0.1, -0.05) is 91.5 Å². The zero-order chi connectivity index (χ0) is 29.3. The number of aromatic nitrogens is 2. The number of hydrogen-bond donors (Lipinski definition) is 3. The summed E-state index contributed by atoms with van der Waals surface area (Å²) in [5.74, 6) is 0.751. The number of aliphatic hydroxyl groups excluding tert-OH is 1. The Morgan fingerprint density at radius 1 is 0.905 bits per heavy atom. The van der Waals surface area contributed by atoms with Gasteiger partial charge in [-0.15, -0.1) is 0 Å². The Morgan fingerprint density at radius 2 is 1.62 bits per heavy atom. The fraction of sp³-hybridized carbons (Fsp3) is 0.303. The summed E-state index contributed by atoms with van der Waals surface area (Å²) >= 11 is 1.57. The maximum absolute atomic E-state index is 12.0. The Bertz CT molecular complexity index is 1440. The Labute approximate surface area is 250 Å². The van der Waals surface area contributed by atoms with Crippen molar-refractivity contribution in [2.24, 2.45) is 5.92 Å². The molecule has 3 aromatic carbocycles. The van der Waals surface area contributed by atoms with E-state index in [1.54, 1.807) is 24.2 Å². The van der Waals surface area contributed by atoms with Crippen molar-refractivity contribution in [2.75, 3.05) is 12.3 Å². The highest BCUT2D eigenvalue weighted by molar-refractivity contribution is 7.99. The minimum atomic E-state index is -0.560. The van der Waals surface area contributed by atoms with E-state index < -0.39 is 6.29 Å². The molecule has 2 heterocycles. The number of hydrogen-bond acceptors (Lipinski definition) is 7. The molecule has 9 heteroatoms. The van der Waals surface area contributed by atoms with Gasteiger partial charge < -0.3 is 25.2 Å². The smallest absolute Gasteiger partial charge is 0.315 e. The zero-order valence-electron chi connectivity index (χ0n) is 23.8. The molecule has 1 aromatic heterocycles. The second kappa shape index (κ2) is 14.4. The monoisotopic (exact) mass is 584 g/mol. The molecule has 0 saturated carbocycles. The molecule has 0 spiro atoms. The molecule has 4 atom stereocenters. The number of amides is 2. The van der Waals surface area contributed by atoms with E-state index in [-0.39, 0.29) is 30.8 Å². The van der Waals surface area contributed by atoms with Gasteiger partial charge >= 0.3 is 6.03 Å². The van der Waals surface area contributed by atoms with Crippen LogP contribution in [0.4, 0.5) is 4.79 Å². The number of thioether (sulfide) groups is 1. The van der Waals surface area contributed by atoms with Crippen molar-refractivity contribution < 1.29 is 19.4 Å². The summed E-state index contributed by atoms with van der Waals surface area (Å²) in [6, 6.07) is 25.8. The number of rotatable bonds is 10. The summed E-state index contributed by atoms with van der Waals surface area (Å²) < 4.78 is 13.2. The van der Waals surface area contributed by atoms with Crippen molar-refractivity contribution >= 4 is 17.8 Å². The van der Waals surface area contributed by atoms with Crippen molar-refractivity contribution in [3.63, 3.8) is 0 Å². The Balaban J connectivity index is 1.36. The first-order valence-corrected chi connectivity index (χ1v) is 15.1. The quantitative estimate of drug-likeness (QED) is 0.154. The van der Waals surface area contributed by atoms with Gasteiger partial charge in [-0.3, -0.25) is 0 Å². The third-order valence-corrected chi connectivity index (χ3v) is 8.29. The highest BCUT2D eigenvalue weighted by Crippen LogP contribution is 2.43. The molecule has 4 aromatic rings. The first-order valence-electron chi connectivity index (χ1n) is 14.2. The maximum Gasteiger partial charge on any atom is 0.315 e. The Hall–Kier alpha value is -3.76. The van der Waals surface area contributed by atoms with Crippen LogP contribution in [0.15, 0.2) is 96.4 Å². The number of urea groups is 1. The zero-order valence-corrected chi connectivity index (χ0v) is 24.6. The number of carbonyl (C=O) groups is 1. The third-order valence-electron chi connectivity index (χ3n) is 7.33. The molecule has 8 nitrogen and oxygen atoms in total. The third kappa shape index (κ3) is 7.35. The first-order chi connectivity index (χ1) is 20.6. The lowest BCUT2D eigenvalue weighted by molar-refractivity contribution is -0.268. The fourth-order valence-electron chi connectivity index (χ4n) is 5.00. The molecule has 0 aliphatic carbocycles. The predicted molar refractivity (Wildman–Crippen MR) is 164 cm³/mol. The molecule has 218 valence electrons. The maximum atomic E-state index is 12.0. The molecular formula is C33H36N4O4S. The van der Waals surface area contributed by atoms with E-state index in [0.717, 1.165) is 33.4 Å². The molecule has 1 saturated heterocycles. The van der Waals surface area contributed by atoms with E-state index in [4.69, 9.17) is 9.47 Å². The van der Waals surface area contributed by atoms with Crippen LogP contribution in [0.25, 0.3) is 11.1 Å². The lowest BCUT2D eigenvalue weighted by Gasteiger charge is -2.41. The van der Waals surface area contributed by atoms with Crippen LogP contribution in [0.2, 0.25) is 0 Å². The van der Waals surface area contributed by atoms with Gasteiger partial charge in [0.1, 0.15) is 0 Å². The number of aliphatic hydroxyl groups is 1. The average molecular weight is 585 g/mol. The van der Waals surface area contributed by atoms with Crippen molar-refractivity contribution in [2.45, 2.75) is 50.7 Å². The van der Waals surface area contributed by atoms with Gasteiger partial charge in [0.2, 0.25) is 0 Å². The van der Waals surface area contributed by atoms with Crippen LogP contribution < -0.4 is 10.6 Å². The summed E-state index contributed by atoms with van der Waals surface area (Å²) in [5.41, 5.74) is 5.96. The van der Waals surface area contributed by atoms with Gasteiger partial charge in [0.05, 0.1) is 18.8 Å². The van der Waals surface area contributed by atoms with Crippen LogP contribution in [-0.2, 0) is 22.6 Å². The standard InChI is InChI=1S/C33H36N4O4S/c1-3-34-32(39)37-19-27-7-4-5-8-28(27)24-13-15-26(16-14-24)31-40-29(21-42-33-35-17-6-18-36-33)22(2)30(41-31)25-11-9-23(20-38)10-12-25/h4-18,22,29-31,38H,3,19-21H2,1-2H3,(H2,34,37,39)/t22-,29+,30+,31+/m0/s1. The SMILES string of the molecule is CCNC(=O)NCc1ccccc1-c1ccc([C@@H]2O[C@H](CSc3ncccn3)[C@H](C)[C@H](c3ccc(CO)cc3)O2)cc1. The van der Waals surface area contributed by atoms with E-state index in [1.165, 1.54) is 0 Å². The predicted octanol–water partition coefficient (Wildman–Crippen LogP) is 6.04. The second-order valence-electron chi connectivity index (χ2n) is 10.2. The molecule has 3 N–H and O–H groups in total. The molecule has 0 unspecified atom stereocenters. The normalized spacial score (nSPS) is 20.2. The lowest BCUT2D eigenvalue weighted by atomic mass is 9.91. The molecule has 5 rings (SSSR count). The van der Waals surface area contributed by atoms with E-state index in [0.29, 0.717) is 24.0 Å². The first kappa shape index (κ1) is 29.7. The summed E-state index contributed by atoms with van der Waals surface area (Å²) in [6.07, 6.45) is 2.62. The number of nitrogens with one attached hydrogen (secondary N) is 2. The van der Waals surface area contributed by atoms with Crippen molar-refractivity contribution in [1.82, 2.24) is 20.6 Å². The molecule has 1 aliphatic heterocycles. The summed E-state index contributed by atoms with van der Waals surface area (Å²) in [4.78, 5) is 20.7. The van der Waals surface area contributed by atoms with E-state index in [1.807, 2.05) is 67.6 Å². The Morgan fingerprint density at radius 3 is 2.33 bits per heavy atom. The second-order valence-corrected chi connectivity index (χ2v) is 11.1. The number of benzene rings is 3. The van der Waals surface area contributed by atoms with Gasteiger partial charge in [0, 0.05) is 42.7 Å². The average Bonchev–Trinajstić information content (AvgIpc) is 3.04. The van der Waals surface area contributed by atoms with Gasteiger partial charge in [-0.05, 0) is 40.8 Å². The van der Waals surface area contributed by atoms with Gasteiger partial charge in [0.25, 0.3) is 0 Å². The van der Waals surface area contributed by atoms with Gasteiger partial charge in [0.15, 0.2) is 11.4 Å². The van der Waals surface area contributed by atoms with E-state index >= 15 is 0 Å². The van der Waals surface area contributed by atoms with Gasteiger partial charge in [-0.25, -0.2) is 14.8 Å². The summed E-state index contributed by atoms with van der Waals surface area (Å²) in [6.45, 7) is 5.04. The number of nitrogens with zero attached hydrogens (tertiary/aromatic N) is 2. The number of carbonyl (C=O) groups excluding carboxylic acids is 1. The summed E-state index contributed by atoms with van der Waals surface area (Å²) in [7, 11) is 0. The van der Waals surface area contributed by atoms with E-state index in [2.05, 4.69) is 45.7 Å². The number of ether oxygens (including phenoxy) is 2. The fourth-order valence-corrected chi connectivity index (χ4v) is 5.97.